The Hall–Kier alpha value is -0.170. The molecule has 5 heavy (non-hydrogen) atoms. The molecule has 0 saturated heterocycles. The van der Waals surface area contributed by atoms with Crippen molar-refractivity contribution in [3.63, 3.8) is 0 Å². The van der Waals surface area contributed by atoms with Crippen molar-refractivity contribution in [3.8, 4) is 0 Å². The Labute approximate surface area is 36.6 Å². The fraction of sp³-hybridized carbons (Fsp3) is 0.333. The second kappa shape index (κ2) is 3.83. The number of halogens is 1. The predicted octanol–water partition coefficient (Wildman–Crippen LogP) is 0.916. The van der Waals surface area contributed by atoms with Gasteiger partial charge in [-0.1, -0.05) is 11.6 Å². The van der Waals surface area contributed by atoms with Gasteiger partial charge in [0, 0.05) is 18.8 Å². The fourth-order valence-corrected chi connectivity index (χ4v) is 0.189. The highest BCUT2D eigenvalue weighted by molar-refractivity contribution is 6.25. The summed E-state index contributed by atoms with van der Waals surface area (Å²) in [4.78, 5) is 0. The monoisotopic (exact) mass is 91.0 g/mol. The van der Waals surface area contributed by atoms with Crippen LogP contribution < -0.4 is 5.32 Å². The van der Waals surface area contributed by atoms with E-state index in [1.54, 1.807) is 13.2 Å². The van der Waals surface area contributed by atoms with E-state index in [2.05, 4.69) is 5.32 Å². The molecular weight excluding hydrogens is 85.5 g/mol. The Morgan fingerprint density at radius 1 is 1.80 bits per heavy atom. The zero-order chi connectivity index (χ0) is 4.12. The van der Waals surface area contributed by atoms with Crippen LogP contribution >= 0.6 is 11.6 Å². The quantitative estimate of drug-likeness (QED) is 0.506. The van der Waals surface area contributed by atoms with Gasteiger partial charge in [-0.3, -0.25) is 0 Å². The van der Waals surface area contributed by atoms with E-state index in [0.717, 1.165) is 0 Å². The zero-order valence-electron chi connectivity index (χ0n) is 3.03. The van der Waals surface area contributed by atoms with Crippen molar-refractivity contribution < 1.29 is 0 Å². The van der Waals surface area contributed by atoms with E-state index < -0.39 is 0 Å². The number of hydrogen-bond acceptors (Lipinski definition) is 1. The van der Waals surface area contributed by atoms with Crippen LogP contribution in [0.3, 0.4) is 0 Å². The summed E-state index contributed by atoms with van der Waals surface area (Å²) in [5.74, 6) is 0. The summed E-state index contributed by atoms with van der Waals surface area (Å²) in [7, 11) is 1.79. The maximum Gasteiger partial charge on any atom is 0.0199 e. The van der Waals surface area contributed by atoms with E-state index in [0.29, 0.717) is 0 Å². The van der Waals surface area contributed by atoms with Gasteiger partial charge in [0.15, 0.2) is 0 Å². The fourth-order valence-electron chi connectivity index (χ4n) is 0.0630. The lowest BCUT2D eigenvalue weighted by Crippen LogP contribution is -1.88. The van der Waals surface area contributed by atoms with Gasteiger partial charge in [0.2, 0.25) is 0 Å². The summed E-state index contributed by atoms with van der Waals surface area (Å²) in [6.07, 6.45) is 1.64. The summed E-state index contributed by atoms with van der Waals surface area (Å²) in [6, 6.07) is 0. The molecule has 0 fully saturated rings. The van der Waals surface area contributed by atoms with Gasteiger partial charge < -0.3 is 5.32 Å². The molecule has 0 amide bonds. The molecule has 1 N–H and O–H groups in total. The Morgan fingerprint density at radius 2 is 2.40 bits per heavy atom. The first-order valence-corrected chi connectivity index (χ1v) is 1.78. The van der Waals surface area contributed by atoms with Gasteiger partial charge in [-0.25, -0.2) is 0 Å². The van der Waals surface area contributed by atoms with Crippen LogP contribution in [0.4, 0.5) is 0 Å². The first-order chi connectivity index (χ1) is 2.41. The third-order valence-corrected chi connectivity index (χ3v) is 0.356. The first-order valence-electron chi connectivity index (χ1n) is 1.34. The van der Waals surface area contributed by atoms with E-state index in [4.69, 9.17) is 11.6 Å². The lowest BCUT2D eigenvalue weighted by Gasteiger charge is -1.73. The van der Waals surface area contributed by atoms with Crippen molar-refractivity contribution in [2.75, 3.05) is 7.05 Å². The molecule has 0 aliphatic carbocycles. The average molecular weight is 91.5 g/mol. The van der Waals surface area contributed by atoms with Gasteiger partial charge in [-0.05, 0) is 0 Å². The topological polar surface area (TPSA) is 12.0 Å². The summed E-state index contributed by atoms with van der Waals surface area (Å²) >= 11 is 5.06. The lowest BCUT2D eigenvalue weighted by molar-refractivity contribution is 1.11. The van der Waals surface area contributed by atoms with E-state index in [1.807, 2.05) is 0 Å². The molecule has 0 radical (unpaired) electrons. The Balaban J connectivity index is 2.62. The highest BCUT2D eigenvalue weighted by atomic mass is 35.5. The maximum absolute atomic E-state index is 5.06. The molecule has 0 rings (SSSR count). The van der Waals surface area contributed by atoms with Gasteiger partial charge in [-0.15, -0.1) is 0 Å². The molecule has 0 saturated carbocycles. The molecule has 0 spiro atoms. The van der Waals surface area contributed by atoms with Crippen LogP contribution in [0.1, 0.15) is 0 Å². The summed E-state index contributed by atoms with van der Waals surface area (Å²) in [5.41, 5.74) is 1.42. The molecule has 0 aromatic rings. The van der Waals surface area contributed by atoms with Gasteiger partial charge in [-0.2, -0.15) is 0 Å². The minimum Gasteiger partial charge on any atom is -0.393 e. The van der Waals surface area contributed by atoms with Gasteiger partial charge >= 0.3 is 0 Å². The summed E-state index contributed by atoms with van der Waals surface area (Å²) < 4.78 is 0. The molecule has 0 aliphatic rings. The minimum absolute atomic E-state index is 1.42. The van der Waals surface area contributed by atoms with Crippen LogP contribution in [0, 0.1) is 0 Å². The molecule has 0 aromatic carbocycles. The van der Waals surface area contributed by atoms with E-state index >= 15 is 0 Å². The summed E-state index contributed by atoms with van der Waals surface area (Å²) in [5, 5.41) is 2.70. The Kier molecular flexibility index (Phi) is 3.70. The second-order valence-corrected chi connectivity index (χ2v) is 0.833. The van der Waals surface area contributed by atoms with Crippen LogP contribution in [0.15, 0.2) is 11.7 Å². The van der Waals surface area contributed by atoms with E-state index in [1.165, 1.54) is 5.54 Å². The molecule has 0 aliphatic heterocycles. The third kappa shape index (κ3) is 3.83. The van der Waals surface area contributed by atoms with Crippen LogP contribution in [0.25, 0.3) is 0 Å². The summed E-state index contributed by atoms with van der Waals surface area (Å²) in [6.45, 7) is 0. The minimum atomic E-state index is 1.42. The highest BCUT2D eigenvalue weighted by Crippen LogP contribution is 1.68. The van der Waals surface area contributed by atoms with Crippen molar-refractivity contribution in [1.29, 1.82) is 0 Å². The van der Waals surface area contributed by atoms with Gasteiger partial charge in [0.1, 0.15) is 0 Å². The lowest BCUT2D eigenvalue weighted by atomic mass is 11.0. The standard InChI is InChI=1S/C3H6ClN/c1-5-3-2-4/h2-3,5H,1H3/b3-2-. The second-order valence-electron chi connectivity index (χ2n) is 0.581. The van der Waals surface area contributed by atoms with E-state index in [-0.39, 0.29) is 0 Å². The van der Waals surface area contributed by atoms with Crippen molar-refractivity contribution in [3.05, 3.63) is 11.7 Å². The van der Waals surface area contributed by atoms with Crippen LogP contribution in [0.5, 0.6) is 0 Å². The molecule has 0 bridgehead atoms. The molecule has 0 atom stereocenters. The van der Waals surface area contributed by atoms with E-state index in [9.17, 15) is 0 Å². The van der Waals surface area contributed by atoms with Crippen LogP contribution in [-0.2, 0) is 0 Å². The van der Waals surface area contributed by atoms with Crippen LogP contribution in [-0.4, -0.2) is 7.05 Å². The largest absolute Gasteiger partial charge is 0.393 e. The maximum atomic E-state index is 5.06. The molecule has 30 valence electrons. The molecule has 0 aromatic heterocycles. The van der Waals surface area contributed by atoms with Crippen LogP contribution in [0.2, 0.25) is 0 Å². The van der Waals surface area contributed by atoms with Gasteiger partial charge in [0.05, 0.1) is 0 Å². The smallest absolute Gasteiger partial charge is 0.0199 e. The SMILES string of the molecule is CN/C=C\Cl. The van der Waals surface area contributed by atoms with Crippen molar-refractivity contribution >= 4 is 11.6 Å². The Morgan fingerprint density at radius 3 is 2.40 bits per heavy atom. The molecule has 2 heteroatoms. The number of hydrogen-bond donors (Lipinski definition) is 1. The van der Waals surface area contributed by atoms with Crippen molar-refractivity contribution in [2.45, 2.75) is 0 Å². The van der Waals surface area contributed by atoms with Gasteiger partial charge in [0.25, 0.3) is 0 Å². The number of rotatable bonds is 1. The normalized spacial score (nSPS) is 9.20. The highest BCUT2D eigenvalue weighted by Gasteiger charge is 1.47. The molecule has 0 heterocycles. The zero-order valence-corrected chi connectivity index (χ0v) is 3.79. The average Bonchev–Trinajstić information content (AvgIpc) is 1.41. The Bertz CT molecular complexity index is 33.9. The van der Waals surface area contributed by atoms with Crippen molar-refractivity contribution in [2.24, 2.45) is 0 Å². The molecule has 0 unspecified atom stereocenters. The molecule has 1 nitrogen and oxygen atoms in total. The predicted molar refractivity (Wildman–Crippen MR) is 24.1 cm³/mol. The first kappa shape index (κ1) is 4.83. The third-order valence-electron chi connectivity index (χ3n) is 0.230. The molecular formula is C3H6ClN. The van der Waals surface area contributed by atoms with Crippen molar-refractivity contribution in [1.82, 2.24) is 5.32 Å². The number of nitrogens with one attached hydrogen (secondary N) is 1.